The maximum atomic E-state index is 12.5. The van der Waals surface area contributed by atoms with Crippen molar-refractivity contribution in [3.05, 3.63) is 33.9 Å². The quantitative estimate of drug-likeness (QED) is 0.368. The fraction of sp³-hybridized carbons (Fsp3) is 0.333. The van der Waals surface area contributed by atoms with Crippen LogP contribution >= 0.6 is 22.7 Å². The summed E-state index contributed by atoms with van der Waals surface area (Å²) in [7, 11) is 0. The van der Waals surface area contributed by atoms with Gasteiger partial charge >= 0.3 is 0 Å². The maximum absolute atomic E-state index is 12.5. The predicted molar refractivity (Wildman–Crippen MR) is 135 cm³/mol. The van der Waals surface area contributed by atoms with Crippen LogP contribution in [-0.2, 0) is 27.4 Å². The maximum Gasteiger partial charge on any atom is 0.274 e. The number of nitrogens with zero attached hydrogens (tertiary/aromatic N) is 4. The van der Waals surface area contributed by atoms with E-state index >= 15 is 0 Å². The predicted octanol–water partition coefficient (Wildman–Crippen LogP) is 2.79. The minimum absolute atomic E-state index is 0.198. The van der Waals surface area contributed by atoms with E-state index in [2.05, 4.69) is 9.98 Å². The molecule has 2 aromatic heterocycles. The zero-order chi connectivity index (χ0) is 25.5. The lowest BCUT2D eigenvalue weighted by atomic mass is 10.3. The van der Waals surface area contributed by atoms with Crippen molar-refractivity contribution >= 4 is 54.9 Å². The Labute approximate surface area is 217 Å². The van der Waals surface area contributed by atoms with Crippen molar-refractivity contribution in [2.75, 3.05) is 26.8 Å². The van der Waals surface area contributed by atoms with E-state index in [1.165, 1.54) is 22.7 Å². The molecule has 0 spiro atoms. The van der Waals surface area contributed by atoms with Crippen LogP contribution in [0.15, 0.2) is 34.3 Å². The first-order chi connectivity index (χ1) is 18.0. The van der Waals surface area contributed by atoms with Gasteiger partial charge in [-0.1, -0.05) is 22.7 Å². The number of hydrogen-bond donors (Lipinski definition) is 0. The van der Waals surface area contributed by atoms with Gasteiger partial charge in [-0.05, 0) is 13.8 Å². The summed E-state index contributed by atoms with van der Waals surface area (Å²) >= 11 is 2.76. The number of aromatic nitrogens is 2. The van der Waals surface area contributed by atoms with Crippen LogP contribution in [0.1, 0.15) is 13.8 Å². The number of rotatable bonds is 6. The first kappa shape index (κ1) is 23.7. The summed E-state index contributed by atoms with van der Waals surface area (Å²) in [5.74, 6) is 1.72. The smallest absolute Gasteiger partial charge is 0.274 e. The molecule has 2 aromatic carbocycles. The van der Waals surface area contributed by atoms with Crippen molar-refractivity contribution in [2.24, 2.45) is 9.98 Å². The fourth-order valence-corrected chi connectivity index (χ4v) is 6.45. The number of amides is 2. The van der Waals surface area contributed by atoms with E-state index in [0.717, 1.165) is 20.4 Å². The molecule has 2 aliphatic heterocycles. The molecule has 0 atom stereocenters. The number of benzene rings is 2. The Bertz CT molecular complexity index is 1570. The van der Waals surface area contributed by atoms with Gasteiger partial charge in [0.1, 0.15) is 13.2 Å². The molecule has 0 aliphatic carbocycles. The zero-order valence-corrected chi connectivity index (χ0v) is 21.6. The number of carbonyl (C=O) groups excluding carboxylic acids is 2. The van der Waals surface area contributed by atoms with Crippen LogP contribution in [-0.4, -0.2) is 47.7 Å². The lowest BCUT2D eigenvalue weighted by molar-refractivity contribution is -0.127. The summed E-state index contributed by atoms with van der Waals surface area (Å²) in [6.07, 6.45) is 0. The highest BCUT2D eigenvalue weighted by Gasteiger charge is 2.19. The van der Waals surface area contributed by atoms with Crippen LogP contribution in [0.5, 0.6) is 23.0 Å². The summed E-state index contributed by atoms with van der Waals surface area (Å²) in [6, 6.07) is 7.56. The monoisotopic (exact) mass is 542 g/mol. The molecule has 0 saturated carbocycles. The molecular weight excluding hydrogens is 520 g/mol. The molecule has 6 rings (SSSR count). The first-order valence-electron chi connectivity index (χ1n) is 11.6. The zero-order valence-electron chi connectivity index (χ0n) is 20.0. The Morgan fingerprint density at radius 3 is 1.57 bits per heavy atom. The largest absolute Gasteiger partial charge is 0.454 e. The lowest BCUT2D eigenvalue weighted by Crippen LogP contribution is -2.20. The molecular formula is C24H22N4O7S2. The van der Waals surface area contributed by atoms with Gasteiger partial charge in [0.05, 0.1) is 20.4 Å². The van der Waals surface area contributed by atoms with E-state index in [4.69, 9.17) is 23.7 Å². The summed E-state index contributed by atoms with van der Waals surface area (Å²) in [6.45, 7) is 4.93. The highest BCUT2D eigenvalue weighted by molar-refractivity contribution is 7.16. The van der Waals surface area contributed by atoms with Gasteiger partial charge < -0.3 is 32.8 Å². The normalized spacial score (nSPS) is 14.9. The summed E-state index contributed by atoms with van der Waals surface area (Å²) in [4.78, 5) is 34.5. The Balaban J connectivity index is 1.16. The van der Waals surface area contributed by atoms with E-state index in [1.54, 1.807) is 0 Å². The minimum atomic E-state index is -0.485. The molecule has 11 nitrogen and oxygen atoms in total. The molecule has 2 aliphatic rings. The third-order valence-corrected chi connectivity index (χ3v) is 7.96. The molecule has 2 amide bonds. The molecule has 4 heterocycles. The van der Waals surface area contributed by atoms with Gasteiger partial charge in [0, 0.05) is 37.4 Å². The lowest BCUT2D eigenvalue weighted by Gasteiger charge is -2.02. The fourth-order valence-electron chi connectivity index (χ4n) is 4.20. The summed E-state index contributed by atoms with van der Waals surface area (Å²) < 4.78 is 32.9. The molecule has 192 valence electrons. The summed E-state index contributed by atoms with van der Waals surface area (Å²) in [5, 5.41) is 0. The number of fused-ring (bicyclic) bond motifs is 4. The molecule has 0 fully saturated rings. The van der Waals surface area contributed by atoms with Crippen molar-refractivity contribution in [2.45, 2.75) is 26.9 Å². The van der Waals surface area contributed by atoms with Crippen LogP contribution in [0, 0.1) is 0 Å². The second-order valence-electron chi connectivity index (χ2n) is 8.11. The molecule has 0 N–H and O–H groups in total. The number of aryl methyl sites for hydroxylation is 2. The average Bonchev–Trinajstić information content (AvgIpc) is 3.65. The average molecular weight is 543 g/mol. The van der Waals surface area contributed by atoms with E-state index in [1.807, 2.05) is 47.2 Å². The van der Waals surface area contributed by atoms with Crippen LogP contribution in [0.2, 0.25) is 0 Å². The van der Waals surface area contributed by atoms with E-state index in [0.29, 0.717) is 45.7 Å². The Morgan fingerprint density at radius 2 is 1.16 bits per heavy atom. The second kappa shape index (κ2) is 9.65. The number of hydrogen-bond acceptors (Lipinski definition) is 9. The third-order valence-electron chi connectivity index (χ3n) is 5.88. The van der Waals surface area contributed by atoms with Crippen LogP contribution in [0.25, 0.3) is 20.4 Å². The third kappa shape index (κ3) is 4.38. The molecule has 0 radical (unpaired) electrons. The summed E-state index contributed by atoms with van der Waals surface area (Å²) in [5.41, 5.74) is 1.82. The van der Waals surface area contributed by atoms with Crippen LogP contribution in [0.4, 0.5) is 0 Å². The van der Waals surface area contributed by atoms with E-state index in [-0.39, 0.29) is 26.8 Å². The first-order valence-corrected chi connectivity index (χ1v) is 13.3. The van der Waals surface area contributed by atoms with Crippen LogP contribution in [0.3, 0.4) is 0 Å². The Hall–Kier alpha value is -3.68. The van der Waals surface area contributed by atoms with Gasteiger partial charge in [-0.25, -0.2) is 0 Å². The van der Waals surface area contributed by atoms with E-state index < -0.39 is 11.8 Å². The van der Waals surface area contributed by atoms with E-state index in [9.17, 15) is 9.59 Å². The highest BCUT2D eigenvalue weighted by Crippen LogP contribution is 2.38. The van der Waals surface area contributed by atoms with Gasteiger partial charge in [-0.2, -0.15) is 9.98 Å². The molecule has 37 heavy (non-hydrogen) atoms. The Kier molecular flexibility index (Phi) is 6.18. The van der Waals surface area contributed by atoms with Crippen molar-refractivity contribution in [1.82, 2.24) is 9.13 Å². The van der Waals surface area contributed by atoms with Gasteiger partial charge in [0.15, 0.2) is 32.6 Å². The van der Waals surface area contributed by atoms with Gasteiger partial charge in [0.25, 0.3) is 11.8 Å². The standard InChI is InChI=1S/C24H22N4O7S2/c1-3-27-13-5-15-17(34-11-32-15)7-19(13)36-23(27)25-21(29)9-31-10-22(30)26-24-28(4-2)14-6-16-18(35-12-33-16)8-20(14)37-24/h5-8H,3-4,9-12H2,1-2H3. The molecule has 0 saturated heterocycles. The molecule has 13 heteroatoms. The SMILES string of the molecule is CCn1c(=NC(=O)COCC(=O)N=c2sc3cc4c(cc3n2CC)OCO4)sc2cc3c(cc21)OCO3. The van der Waals surface area contributed by atoms with Crippen molar-refractivity contribution in [3.8, 4) is 23.0 Å². The number of thiazole rings is 2. The minimum Gasteiger partial charge on any atom is -0.454 e. The molecule has 4 aromatic rings. The van der Waals surface area contributed by atoms with Crippen molar-refractivity contribution in [3.63, 3.8) is 0 Å². The highest BCUT2D eigenvalue weighted by atomic mass is 32.1. The molecule has 0 bridgehead atoms. The second-order valence-corrected chi connectivity index (χ2v) is 10.1. The Morgan fingerprint density at radius 1 is 0.757 bits per heavy atom. The van der Waals surface area contributed by atoms with Crippen molar-refractivity contribution < 1.29 is 33.3 Å². The molecule has 0 unspecified atom stereocenters. The van der Waals surface area contributed by atoms with Crippen molar-refractivity contribution in [1.29, 1.82) is 0 Å². The number of carbonyl (C=O) groups is 2. The van der Waals surface area contributed by atoms with Gasteiger partial charge in [-0.3, -0.25) is 9.59 Å². The topological polar surface area (TPSA) is 115 Å². The van der Waals surface area contributed by atoms with Gasteiger partial charge in [0.2, 0.25) is 13.6 Å². The van der Waals surface area contributed by atoms with Crippen LogP contribution < -0.4 is 28.6 Å². The van der Waals surface area contributed by atoms with Gasteiger partial charge in [-0.15, -0.1) is 0 Å². The number of ether oxygens (including phenoxy) is 5.